The van der Waals surface area contributed by atoms with Crippen LogP contribution in [0.2, 0.25) is 10.6 Å². The predicted molar refractivity (Wildman–Crippen MR) is 176 cm³/mol. The molecular formula is C32H33Cl2N11. The molecule has 0 amide bonds. The number of H-pyrrole nitrogens is 2. The Bertz CT molecular complexity index is 1710. The molecule has 6 heterocycles. The molecule has 0 spiro atoms. The van der Waals surface area contributed by atoms with Gasteiger partial charge in [0.15, 0.2) is 23.0 Å². The molecule has 2 aromatic carbocycles. The standard InChI is InChI=1S/C22H21ClN6.C10H12ClN5/c23-22-26-20-18(24-15-25-20)21(27-22)29-13-11-28(12-14-29)19(16-7-3-1-4-8-16)17-9-5-2-6-10-17;11-10-14-8-7(12-6-13-8)9(15-10)16-4-2-1-3-5-16/h1-10,15,19H,11-14H2,(H,24,25,26,27);6H,1-5H2,(H,12,13,14,15). The molecule has 0 aliphatic carbocycles. The minimum Gasteiger partial charge on any atom is -0.356 e. The van der Waals surface area contributed by atoms with Crippen molar-refractivity contribution in [1.82, 2.24) is 44.8 Å². The number of nitrogens with one attached hydrogen (secondary N) is 2. The lowest BCUT2D eigenvalue weighted by molar-refractivity contribution is 0.212. The van der Waals surface area contributed by atoms with Gasteiger partial charge in [-0.15, -0.1) is 0 Å². The number of hydrogen-bond donors (Lipinski definition) is 2. The molecule has 6 aliphatic heterocycles. The van der Waals surface area contributed by atoms with Gasteiger partial charge in [-0.1, -0.05) is 60.7 Å². The predicted octanol–water partition coefficient (Wildman–Crippen LogP) is 5.82. The van der Waals surface area contributed by atoms with Gasteiger partial charge in [-0.05, 0) is 53.6 Å². The molecule has 45 heavy (non-hydrogen) atoms. The van der Waals surface area contributed by atoms with Gasteiger partial charge in [0.25, 0.3) is 0 Å². The van der Waals surface area contributed by atoms with Crippen molar-refractivity contribution in [2.24, 2.45) is 0 Å². The van der Waals surface area contributed by atoms with Gasteiger partial charge in [-0.3, -0.25) is 4.90 Å². The number of fused-ring (bicyclic) bond motifs is 2. The minimum absolute atomic E-state index is 0.239. The van der Waals surface area contributed by atoms with E-state index in [-0.39, 0.29) is 6.04 Å². The van der Waals surface area contributed by atoms with E-state index >= 15 is 0 Å². The lowest BCUT2D eigenvalue weighted by Gasteiger charge is -2.40. The number of aromatic amines is 2. The van der Waals surface area contributed by atoms with Crippen LogP contribution >= 0.6 is 23.2 Å². The Morgan fingerprint density at radius 2 is 1.02 bits per heavy atom. The lowest BCUT2D eigenvalue weighted by Crippen LogP contribution is -2.48. The van der Waals surface area contributed by atoms with Crippen LogP contribution in [0.3, 0.4) is 0 Å². The molecule has 0 aromatic heterocycles. The molecule has 2 fully saturated rings. The highest BCUT2D eigenvalue weighted by molar-refractivity contribution is 6.28. The number of piperidine rings is 1. The summed E-state index contributed by atoms with van der Waals surface area (Å²) in [5, 5.41) is 0.704. The van der Waals surface area contributed by atoms with Crippen LogP contribution in [-0.4, -0.2) is 84.0 Å². The maximum absolute atomic E-state index is 6.17. The quantitative estimate of drug-likeness (QED) is 0.224. The van der Waals surface area contributed by atoms with Gasteiger partial charge in [-0.2, -0.15) is 9.97 Å². The van der Waals surface area contributed by atoms with Crippen LogP contribution in [0.1, 0.15) is 36.4 Å². The average molecular weight is 643 g/mol. The van der Waals surface area contributed by atoms with Crippen LogP contribution in [0.15, 0.2) is 73.3 Å². The van der Waals surface area contributed by atoms with Crippen LogP contribution in [0.25, 0.3) is 23.0 Å². The number of hydrogen-bond acceptors (Lipinski definition) is 9. The summed E-state index contributed by atoms with van der Waals surface area (Å²) >= 11 is 12.1. The molecule has 0 bridgehead atoms. The topological polar surface area (TPSA) is 119 Å². The van der Waals surface area contributed by atoms with Gasteiger partial charge >= 0.3 is 0 Å². The van der Waals surface area contributed by atoms with Crippen molar-refractivity contribution >= 4 is 34.8 Å². The van der Waals surface area contributed by atoms with E-state index in [1.54, 1.807) is 0 Å². The molecule has 230 valence electrons. The monoisotopic (exact) mass is 641 g/mol. The summed E-state index contributed by atoms with van der Waals surface area (Å²) in [6.07, 6.45) is 6.77. The zero-order valence-corrected chi connectivity index (χ0v) is 26.2. The smallest absolute Gasteiger partial charge is 0.203 e. The highest BCUT2D eigenvalue weighted by Gasteiger charge is 2.29. The molecule has 0 unspecified atom stereocenters. The molecule has 13 heteroatoms. The molecule has 8 rings (SSSR count). The maximum Gasteiger partial charge on any atom is 0.203 e. The minimum atomic E-state index is 0.239. The van der Waals surface area contributed by atoms with Gasteiger partial charge in [0.1, 0.15) is 24.3 Å². The Balaban J connectivity index is 0.000000171. The number of benzene rings is 2. The van der Waals surface area contributed by atoms with Crippen LogP contribution in [-0.2, 0) is 0 Å². The summed E-state index contributed by atoms with van der Waals surface area (Å²) in [6.45, 7) is 5.68. The molecule has 0 saturated carbocycles. The van der Waals surface area contributed by atoms with Gasteiger partial charge in [0.2, 0.25) is 10.6 Å². The molecule has 2 N–H and O–H groups in total. The van der Waals surface area contributed by atoms with Crippen LogP contribution in [0.5, 0.6) is 0 Å². The van der Waals surface area contributed by atoms with E-state index in [9.17, 15) is 0 Å². The fourth-order valence-electron chi connectivity index (χ4n) is 6.24. The van der Waals surface area contributed by atoms with E-state index in [4.69, 9.17) is 23.2 Å². The van der Waals surface area contributed by atoms with Gasteiger partial charge in [-0.25, -0.2) is 19.9 Å². The van der Waals surface area contributed by atoms with Crippen molar-refractivity contribution in [3.8, 4) is 23.0 Å². The van der Waals surface area contributed by atoms with Gasteiger partial charge < -0.3 is 19.8 Å². The molecule has 2 saturated heterocycles. The Labute approximate surface area is 271 Å². The highest BCUT2D eigenvalue weighted by atomic mass is 35.5. The number of rotatable bonds is 5. The van der Waals surface area contributed by atoms with Crippen LogP contribution < -0.4 is 9.80 Å². The molecule has 0 atom stereocenters. The summed E-state index contributed by atoms with van der Waals surface area (Å²) in [6, 6.07) is 21.7. The van der Waals surface area contributed by atoms with E-state index in [1.165, 1.54) is 43.0 Å². The molecule has 11 nitrogen and oxygen atoms in total. The third kappa shape index (κ3) is 6.42. The Kier molecular flexibility index (Phi) is 8.72. The van der Waals surface area contributed by atoms with E-state index < -0.39 is 0 Å². The Morgan fingerprint density at radius 3 is 1.51 bits per heavy atom. The SMILES string of the molecule is Clc1nc2ncnc-2c(N2CCCCC2)[nH]1.Clc1nc2ncnc-2c(N2CCN(C(c3ccccc3)c3ccccc3)CC2)[nH]1. The zero-order valence-electron chi connectivity index (χ0n) is 24.7. The normalized spacial score (nSPS) is 15.9. The number of nitrogens with zero attached hydrogens (tertiary/aromatic N) is 9. The van der Waals surface area contributed by atoms with Crippen LogP contribution in [0, 0.1) is 0 Å². The summed E-state index contributed by atoms with van der Waals surface area (Å²) in [4.78, 5) is 38.5. The van der Waals surface area contributed by atoms with E-state index in [2.05, 4.69) is 115 Å². The molecule has 0 radical (unpaired) electrons. The number of halogens is 2. The van der Waals surface area contributed by atoms with Crippen LogP contribution in [0.4, 0.5) is 11.6 Å². The van der Waals surface area contributed by atoms with Gasteiger partial charge in [0.05, 0.1) is 6.04 Å². The zero-order chi connectivity index (χ0) is 30.6. The molecule has 2 aromatic rings. The molecular weight excluding hydrogens is 609 g/mol. The van der Waals surface area contributed by atoms with Crippen molar-refractivity contribution in [2.45, 2.75) is 25.3 Å². The first-order valence-corrected chi connectivity index (χ1v) is 16.0. The summed E-state index contributed by atoms with van der Waals surface area (Å²) in [5.41, 5.74) is 4.21. The fraction of sp³-hybridized carbons (Fsp3) is 0.312. The van der Waals surface area contributed by atoms with E-state index in [0.717, 1.165) is 62.3 Å². The van der Waals surface area contributed by atoms with Crippen molar-refractivity contribution in [1.29, 1.82) is 0 Å². The third-order valence-electron chi connectivity index (χ3n) is 8.36. The van der Waals surface area contributed by atoms with Crippen molar-refractivity contribution in [2.75, 3.05) is 49.1 Å². The van der Waals surface area contributed by atoms with Crippen molar-refractivity contribution in [3.63, 3.8) is 0 Å². The first kappa shape index (κ1) is 29.4. The second kappa shape index (κ2) is 13.4. The van der Waals surface area contributed by atoms with E-state index in [1.807, 2.05) is 0 Å². The summed E-state index contributed by atoms with van der Waals surface area (Å²) in [7, 11) is 0. The third-order valence-corrected chi connectivity index (χ3v) is 8.71. The number of aromatic nitrogens is 8. The molecule has 6 aliphatic rings. The highest BCUT2D eigenvalue weighted by Crippen LogP contribution is 2.33. The lowest BCUT2D eigenvalue weighted by atomic mass is 9.96. The first-order chi connectivity index (χ1) is 22.1. The number of anilines is 2. The number of piperazine rings is 1. The second-order valence-corrected chi connectivity index (χ2v) is 11.9. The summed E-state index contributed by atoms with van der Waals surface area (Å²) in [5.74, 6) is 3.04. The van der Waals surface area contributed by atoms with Gasteiger partial charge in [0, 0.05) is 39.3 Å². The van der Waals surface area contributed by atoms with Crippen molar-refractivity contribution in [3.05, 3.63) is 95.0 Å². The number of imidazole rings is 2. The largest absolute Gasteiger partial charge is 0.356 e. The fourth-order valence-corrected chi connectivity index (χ4v) is 6.58. The first-order valence-electron chi connectivity index (χ1n) is 15.2. The van der Waals surface area contributed by atoms with E-state index in [0.29, 0.717) is 22.2 Å². The average Bonchev–Trinajstić information content (AvgIpc) is 3.76. The second-order valence-electron chi connectivity index (χ2n) is 11.1. The Hall–Kier alpha value is -4.32. The maximum atomic E-state index is 6.17. The Morgan fingerprint density at radius 1 is 0.556 bits per heavy atom. The summed E-state index contributed by atoms with van der Waals surface area (Å²) < 4.78 is 0. The van der Waals surface area contributed by atoms with Crippen molar-refractivity contribution < 1.29 is 0 Å².